The van der Waals surface area contributed by atoms with E-state index in [0.717, 1.165) is 12.1 Å². The molecule has 3 rings (SSSR count). The molecule has 0 unspecified atom stereocenters. The molecule has 31 heavy (non-hydrogen) atoms. The molecule has 7 nitrogen and oxygen atoms in total. The number of benzene rings is 2. The zero-order valence-electron chi connectivity index (χ0n) is 16.5. The van der Waals surface area contributed by atoms with Crippen LogP contribution in [0.15, 0.2) is 48.5 Å². The van der Waals surface area contributed by atoms with Gasteiger partial charge in [-0.25, -0.2) is 0 Å². The van der Waals surface area contributed by atoms with Gasteiger partial charge in [-0.05, 0) is 42.5 Å². The monoisotopic (exact) mass is 435 g/mol. The Balaban J connectivity index is 1.54. The normalized spacial score (nSPS) is 16.2. The van der Waals surface area contributed by atoms with Crippen LogP contribution in [-0.2, 0) is 20.6 Å². The van der Waals surface area contributed by atoms with Crippen molar-refractivity contribution in [3.8, 4) is 5.75 Å². The Morgan fingerprint density at radius 3 is 2.52 bits per heavy atom. The van der Waals surface area contributed by atoms with Crippen LogP contribution in [0.2, 0.25) is 0 Å². The molecule has 1 heterocycles. The molecule has 2 aromatic carbocycles. The second-order valence-electron chi connectivity index (χ2n) is 6.93. The molecule has 1 atom stereocenters. The largest absolute Gasteiger partial charge is 0.484 e. The Labute approximate surface area is 176 Å². The summed E-state index contributed by atoms with van der Waals surface area (Å²) in [6.45, 7) is -0.130. The highest BCUT2D eigenvalue weighted by Gasteiger charge is 2.34. The summed E-state index contributed by atoms with van der Waals surface area (Å²) >= 11 is 0. The SMILES string of the molecule is CNC(=O)[C@@H]1CC(=O)N(c2ccc(OCC(=O)Nc3cccc(C(F)(F)F)c3)cc2)C1. The molecular weight excluding hydrogens is 415 g/mol. The highest BCUT2D eigenvalue weighted by atomic mass is 19.4. The van der Waals surface area contributed by atoms with Gasteiger partial charge >= 0.3 is 6.18 Å². The zero-order chi connectivity index (χ0) is 22.6. The zero-order valence-corrected chi connectivity index (χ0v) is 16.5. The molecule has 0 radical (unpaired) electrons. The van der Waals surface area contributed by atoms with E-state index in [4.69, 9.17) is 4.74 Å². The van der Waals surface area contributed by atoms with E-state index >= 15 is 0 Å². The first-order valence-electron chi connectivity index (χ1n) is 9.39. The van der Waals surface area contributed by atoms with Gasteiger partial charge in [0, 0.05) is 31.4 Å². The van der Waals surface area contributed by atoms with Crippen LogP contribution in [-0.4, -0.2) is 37.9 Å². The number of carbonyl (C=O) groups is 3. The van der Waals surface area contributed by atoms with Crippen LogP contribution in [0.5, 0.6) is 5.75 Å². The first-order chi connectivity index (χ1) is 14.7. The van der Waals surface area contributed by atoms with Crippen molar-refractivity contribution in [3.05, 3.63) is 54.1 Å². The number of amides is 3. The van der Waals surface area contributed by atoms with Crippen molar-refractivity contribution >= 4 is 29.1 Å². The molecule has 0 saturated carbocycles. The number of hydrogen-bond acceptors (Lipinski definition) is 4. The van der Waals surface area contributed by atoms with Crippen molar-refractivity contribution < 1.29 is 32.3 Å². The number of alkyl halides is 3. The average Bonchev–Trinajstić information content (AvgIpc) is 3.13. The Bertz CT molecular complexity index is 977. The summed E-state index contributed by atoms with van der Waals surface area (Å²) in [5.41, 5.74) is -0.258. The number of hydrogen-bond donors (Lipinski definition) is 2. The van der Waals surface area contributed by atoms with E-state index in [1.165, 1.54) is 24.1 Å². The van der Waals surface area contributed by atoms with Crippen molar-refractivity contribution in [2.45, 2.75) is 12.6 Å². The molecule has 2 aromatic rings. The number of carbonyl (C=O) groups excluding carboxylic acids is 3. The van der Waals surface area contributed by atoms with E-state index < -0.39 is 30.2 Å². The number of ether oxygens (including phenoxy) is 1. The topological polar surface area (TPSA) is 87.7 Å². The summed E-state index contributed by atoms with van der Waals surface area (Å²) in [4.78, 5) is 37.4. The second-order valence-corrected chi connectivity index (χ2v) is 6.93. The van der Waals surface area contributed by atoms with Crippen LogP contribution in [0.4, 0.5) is 24.5 Å². The predicted molar refractivity (Wildman–Crippen MR) is 107 cm³/mol. The first kappa shape index (κ1) is 22.1. The number of rotatable bonds is 6. The third-order valence-corrected chi connectivity index (χ3v) is 4.73. The first-order valence-corrected chi connectivity index (χ1v) is 9.39. The van der Waals surface area contributed by atoms with E-state index in [9.17, 15) is 27.6 Å². The fourth-order valence-electron chi connectivity index (χ4n) is 3.18. The Morgan fingerprint density at radius 2 is 1.87 bits per heavy atom. The van der Waals surface area contributed by atoms with Gasteiger partial charge in [-0.3, -0.25) is 14.4 Å². The van der Waals surface area contributed by atoms with Gasteiger partial charge in [-0.1, -0.05) is 6.07 Å². The van der Waals surface area contributed by atoms with Crippen molar-refractivity contribution in [2.24, 2.45) is 5.92 Å². The molecule has 1 fully saturated rings. The fourth-order valence-corrected chi connectivity index (χ4v) is 3.18. The van der Waals surface area contributed by atoms with Gasteiger partial charge in [0.1, 0.15) is 5.75 Å². The molecule has 3 amide bonds. The lowest BCUT2D eigenvalue weighted by Gasteiger charge is -2.17. The molecule has 10 heteroatoms. The molecule has 1 saturated heterocycles. The molecule has 1 aliphatic rings. The van der Waals surface area contributed by atoms with E-state index in [1.807, 2.05) is 0 Å². The van der Waals surface area contributed by atoms with Gasteiger partial charge in [0.05, 0.1) is 11.5 Å². The Kier molecular flexibility index (Phi) is 6.47. The van der Waals surface area contributed by atoms with E-state index in [2.05, 4.69) is 10.6 Å². The number of anilines is 2. The maximum absolute atomic E-state index is 12.7. The van der Waals surface area contributed by atoms with Gasteiger partial charge in [0.15, 0.2) is 6.61 Å². The highest BCUT2D eigenvalue weighted by Crippen LogP contribution is 2.31. The van der Waals surface area contributed by atoms with Crippen molar-refractivity contribution in [3.63, 3.8) is 0 Å². The lowest BCUT2D eigenvalue weighted by atomic mass is 10.1. The summed E-state index contributed by atoms with van der Waals surface area (Å²) in [6, 6.07) is 10.7. The molecule has 0 aromatic heterocycles. The van der Waals surface area contributed by atoms with E-state index in [0.29, 0.717) is 11.4 Å². The van der Waals surface area contributed by atoms with E-state index in [-0.39, 0.29) is 30.5 Å². The maximum Gasteiger partial charge on any atom is 0.416 e. The van der Waals surface area contributed by atoms with Crippen molar-refractivity contribution in [2.75, 3.05) is 30.4 Å². The quantitative estimate of drug-likeness (QED) is 0.731. The van der Waals surface area contributed by atoms with Crippen LogP contribution in [0.3, 0.4) is 0 Å². The van der Waals surface area contributed by atoms with Crippen molar-refractivity contribution in [1.82, 2.24) is 5.32 Å². The standard InChI is InChI=1S/C21H20F3N3O4/c1-25-20(30)13-9-19(29)27(11-13)16-5-7-17(8-6-16)31-12-18(28)26-15-4-2-3-14(10-15)21(22,23)24/h2-8,10,13H,9,11-12H2,1H3,(H,25,30)(H,26,28)/t13-/m1/s1. The third-order valence-electron chi connectivity index (χ3n) is 4.73. The highest BCUT2D eigenvalue weighted by molar-refractivity contribution is 6.00. The lowest BCUT2D eigenvalue weighted by Crippen LogP contribution is -2.30. The minimum atomic E-state index is -4.50. The summed E-state index contributed by atoms with van der Waals surface area (Å²) in [6.07, 6.45) is -4.37. The summed E-state index contributed by atoms with van der Waals surface area (Å²) in [5.74, 6) is -1.04. The van der Waals surface area contributed by atoms with Gasteiger partial charge in [-0.15, -0.1) is 0 Å². The smallest absolute Gasteiger partial charge is 0.416 e. The van der Waals surface area contributed by atoms with Crippen LogP contribution in [0.25, 0.3) is 0 Å². The minimum absolute atomic E-state index is 0.0111. The number of nitrogens with one attached hydrogen (secondary N) is 2. The summed E-state index contributed by atoms with van der Waals surface area (Å²) < 4.78 is 43.6. The molecule has 2 N–H and O–H groups in total. The molecule has 0 aliphatic carbocycles. The Morgan fingerprint density at radius 1 is 1.16 bits per heavy atom. The van der Waals surface area contributed by atoms with Gasteiger partial charge < -0.3 is 20.3 Å². The summed E-state index contributed by atoms with van der Waals surface area (Å²) in [5, 5.41) is 4.89. The second kappa shape index (κ2) is 9.07. The minimum Gasteiger partial charge on any atom is -0.484 e. The van der Waals surface area contributed by atoms with Gasteiger partial charge in [0.2, 0.25) is 11.8 Å². The van der Waals surface area contributed by atoms with Crippen LogP contribution < -0.4 is 20.3 Å². The number of nitrogens with zero attached hydrogens (tertiary/aromatic N) is 1. The maximum atomic E-state index is 12.7. The summed E-state index contributed by atoms with van der Waals surface area (Å²) in [7, 11) is 1.52. The molecule has 1 aliphatic heterocycles. The Hall–Kier alpha value is -3.56. The predicted octanol–water partition coefficient (Wildman–Crippen LogP) is 2.82. The molecule has 0 spiro atoms. The van der Waals surface area contributed by atoms with Crippen molar-refractivity contribution in [1.29, 1.82) is 0 Å². The average molecular weight is 435 g/mol. The molecule has 164 valence electrons. The van der Waals surface area contributed by atoms with E-state index in [1.54, 1.807) is 24.3 Å². The van der Waals surface area contributed by atoms with Gasteiger partial charge in [0.25, 0.3) is 5.91 Å². The number of halogens is 3. The lowest BCUT2D eigenvalue weighted by molar-refractivity contribution is -0.137. The van der Waals surface area contributed by atoms with Gasteiger partial charge in [-0.2, -0.15) is 13.2 Å². The van der Waals surface area contributed by atoms with Crippen LogP contribution in [0, 0.1) is 5.92 Å². The third kappa shape index (κ3) is 5.53. The fraction of sp³-hybridized carbons (Fsp3) is 0.286. The molecule has 0 bridgehead atoms. The van der Waals surface area contributed by atoms with Crippen LogP contribution >= 0.6 is 0 Å². The van der Waals surface area contributed by atoms with Crippen LogP contribution in [0.1, 0.15) is 12.0 Å². The molecular formula is C21H20F3N3O4.